The van der Waals surface area contributed by atoms with Crippen LogP contribution in [0.4, 0.5) is 0 Å². The van der Waals surface area contributed by atoms with E-state index in [4.69, 9.17) is 4.74 Å². The minimum atomic E-state index is 0.144. The average molecular weight is 198 g/mol. The summed E-state index contributed by atoms with van der Waals surface area (Å²) in [6.45, 7) is 2.18. The van der Waals surface area contributed by atoms with Crippen LogP contribution in [0.3, 0.4) is 0 Å². The molecule has 2 rings (SSSR count). The van der Waals surface area contributed by atoms with Crippen molar-refractivity contribution in [2.45, 2.75) is 31.3 Å². The first-order valence-electron chi connectivity index (χ1n) is 5.34. The van der Waals surface area contributed by atoms with Gasteiger partial charge in [-0.3, -0.25) is 4.79 Å². The summed E-state index contributed by atoms with van der Waals surface area (Å²) >= 11 is 0. The van der Waals surface area contributed by atoms with Crippen LogP contribution in [0.25, 0.3) is 0 Å². The van der Waals surface area contributed by atoms with E-state index in [0.29, 0.717) is 12.1 Å². The fourth-order valence-corrected chi connectivity index (χ4v) is 2.58. The first kappa shape index (κ1) is 9.93. The highest BCUT2D eigenvalue weighted by molar-refractivity contribution is 5.78. The monoisotopic (exact) mass is 198 g/mol. The number of nitrogens with zero attached hydrogens (tertiary/aromatic N) is 1. The number of piperidine rings is 1. The molecule has 1 amide bonds. The fraction of sp³-hybridized carbons (Fsp3) is 0.900. The van der Waals surface area contributed by atoms with Crippen molar-refractivity contribution in [3.05, 3.63) is 0 Å². The van der Waals surface area contributed by atoms with Gasteiger partial charge in [-0.1, -0.05) is 0 Å². The van der Waals surface area contributed by atoms with Gasteiger partial charge in [0.15, 0.2) is 0 Å². The molecule has 0 aromatic heterocycles. The van der Waals surface area contributed by atoms with Crippen molar-refractivity contribution in [1.29, 1.82) is 0 Å². The van der Waals surface area contributed by atoms with Gasteiger partial charge in [-0.15, -0.1) is 0 Å². The van der Waals surface area contributed by atoms with E-state index in [1.165, 1.54) is 6.42 Å². The Morgan fingerprint density at radius 2 is 2.43 bits per heavy atom. The van der Waals surface area contributed by atoms with Gasteiger partial charge < -0.3 is 15.0 Å². The number of fused-ring (bicyclic) bond motifs is 1. The summed E-state index contributed by atoms with van der Waals surface area (Å²) in [5.41, 5.74) is 0. The van der Waals surface area contributed by atoms with Gasteiger partial charge in [-0.05, 0) is 25.8 Å². The number of likely N-dealkylation sites (tertiary alicyclic amines) is 1. The molecule has 2 atom stereocenters. The number of carbonyl (C=O) groups excluding carboxylic acids is 1. The smallest absolute Gasteiger partial charge is 0.248 e. The summed E-state index contributed by atoms with van der Waals surface area (Å²) in [4.78, 5) is 13.7. The zero-order valence-electron chi connectivity index (χ0n) is 8.66. The maximum Gasteiger partial charge on any atom is 0.248 e. The molecule has 0 radical (unpaired) electrons. The molecule has 0 aromatic carbocycles. The molecular weight excluding hydrogens is 180 g/mol. The Hall–Kier alpha value is -0.610. The topological polar surface area (TPSA) is 41.6 Å². The minimum absolute atomic E-state index is 0.144. The van der Waals surface area contributed by atoms with E-state index in [1.807, 2.05) is 4.90 Å². The average Bonchev–Trinajstić information content (AvgIpc) is 2.65. The predicted molar refractivity (Wildman–Crippen MR) is 53.0 cm³/mol. The van der Waals surface area contributed by atoms with Crippen molar-refractivity contribution in [1.82, 2.24) is 10.2 Å². The van der Waals surface area contributed by atoms with Crippen molar-refractivity contribution in [2.24, 2.45) is 0 Å². The van der Waals surface area contributed by atoms with Crippen molar-refractivity contribution in [3.8, 4) is 0 Å². The van der Waals surface area contributed by atoms with Crippen molar-refractivity contribution < 1.29 is 9.53 Å². The Morgan fingerprint density at radius 1 is 1.57 bits per heavy atom. The number of nitrogens with one attached hydrogen (secondary N) is 1. The Balaban J connectivity index is 1.99. The normalized spacial score (nSPS) is 31.6. The highest BCUT2D eigenvalue weighted by atomic mass is 16.5. The molecule has 14 heavy (non-hydrogen) atoms. The second kappa shape index (κ2) is 4.28. The van der Waals surface area contributed by atoms with Gasteiger partial charge in [-0.25, -0.2) is 0 Å². The van der Waals surface area contributed by atoms with Crippen molar-refractivity contribution >= 4 is 5.91 Å². The van der Waals surface area contributed by atoms with Crippen LogP contribution in [0.2, 0.25) is 0 Å². The van der Waals surface area contributed by atoms with Crippen LogP contribution in [0, 0.1) is 0 Å². The molecule has 80 valence electrons. The first-order chi connectivity index (χ1) is 6.83. The molecule has 0 aliphatic carbocycles. The Bertz CT molecular complexity index is 220. The van der Waals surface area contributed by atoms with E-state index >= 15 is 0 Å². The maximum absolute atomic E-state index is 11.7. The molecule has 1 N–H and O–H groups in total. The summed E-state index contributed by atoms with van der Waals surface area (Å²) in [5, 5.41) is 3.45. The lowest BCUT2D eigenvalue weighted by Gasteiger charge is -2.37. The van der Waals surface area contributed by atoms with Gasteiger partial charge in [0.25, 0.3) is 0 Å². The van der Waals surface area contributed by atoms with Gasteiger partial charge in [-0.2, -0.15) is 0 Å². The van der Waals surface area contributed by atoms with Gasteiger partial charge in [0.1, 0.15) is 6.61 Å². The molecule has 0 aromatic rings. The molecule has 0 saturated carbocycles. The largest absolute Gasteiger partial charge is 0.375 e. The van der Waals surface area contributed by atoms with E-state index < -0.39 is 0 Å². The summed E-state index contributed by atoms with van der Waals surface area (Å²) in [6.07, 6.45) is 3.42. The highest BCUT2D eigenvalue weighted by Gasteiger charge is 2.36. The van der Waals surface area contributed by atoms with E-state index in [9.17, 15) is 4.79 Å². The second-order valence-electron chi connectivity index (χ2n) is 4.08. The zero-order chi connectivity index (χ0) is 9.97. The van der Waals surface area contributed by atoms with Gasteiger partial charge in [0.2, 0.25) is 5.91 Å². The third kappa shape index (κ3) is 1.77. The van der Waals surface area contributed by atoms with Crippen LogP contribution in [-0.2, 0) is 9.53 Å². The molecule has 2 heterocycles. The molecule has 2 unspecified atom stereocenters. The molecule has 2 fully saturated rings. The highest BCUT2D eigenvalue weighted by Crippen LogP contribution is 2.24. The first-order valence-corrected chi connectivity index (χ1v) is 5.34. The van der Waals surface area contributed by atoms with E-state index in [-0.39, 0.29) is 12.5 Å². The van der Waals surface area contributed by atoms with Crippen LogP contribution in [-0.4, -0.2) is 49.7 Å². The summed E-state index contributed by atoms with van der Waals surface area (Å²) in [7, 11) is 1.58. The molecule has 2 aliphatic heterocycles. The molecule has 2 saturated heterocycles. The van der Waals surface area contributed by atoms with Crippen molar-refractivity contribution in [3.63, 3.8) is 0 Å². The number of hydrogen-bond donors (Lipinski definition) is 1. The summed E-state index contributed by atoms with van der Waals surface area (Å²) in [5.74, 6) is 0.144. The standard InChI is InChI=1S/C10H18N2O2/c1-14-7-10(13)12-6-2-3-8-9(12)4-5-11-8/h8-9,11H,2-7H2,1H3. The minimum Gasteiger partial charge on any atom is -0.375 e. The van der Waals surface area contributed by atoms with Gasteiger partial charge in [0, 0.05) is 25.7 Å². The van der Waals surface area contributed by atoms with E-state index in [0.717, 1.165) is 25.9 Å². The SMILES string of the molecule is COCC(=O)N1CCCC2NCCC21. The van der Waals surface area contributed by atoms with Crippen LogP contribution in [0.5, 0.6) is 0 Å². The molecule has 4 heteroatoms. The maximum atomic E-state index is 11.7. The molecule has 4 nitrogen and oxygen atoms in total. The third-order valence-electron chi connectivity index (χ3n) is 3.21. The summed E-state index contributed by atoms with van der Waals surface area (Å²) < 4.78 is 4.89. The number of carbonyl (C=O) groups is 1. The van der Waals surface area contributed by atoms with Crippen LogP contribution < -0.4 is 5.32 Å². The lowest BCUT2D eigenvalue weighted by atomic mass is 9.97. The van der Waals surface area contributed by atoms with Gasteiger partial charge in [0.05, 0.1) is 0 Å². The van der Waals surface area contributed by atoms with Crippen LogP contribution in [0.1, 0.15) is 19.3 Å². The Labute approximate surface area is 84.6 Å². The molecule has 2 aliphatic rings. The number of ether oxygens (including phenoxy) is 1. The number of amides is 1. The molecule has 0 bridgehead atoms. The summed E-state index contributed by atoms with van der Waals surface area (Å²) in [6, 6.07) is 0.955. The Morgan fingerprint density at radius 3 is 3.21 bits per heavy atom. The third-order valence-corrected chi connectivity index (χ3v) is 3.21. The van der Waals surface area contributed by atoms with Crippen LogP contribution in [0.15, 0.2) is 0 Å². The predicted octanol–water partition coefficient (Wildman–Crippen LogP) is -0.0143. The second-order valence-corrected chi connectivity index (χ2v) is 4.08. The van der Waals surface area contributed by atoms with Crippen molar-refractivity contribution in [2.75, 3.05) is 26.8 Å². The number of methoxy groups -OCH3 is 1. The van der Waals surface area contributed by atoms with Gasteiger partial charge >= 0.3 is 0 Å². The van der Waals surface area contributed by atoms with E-state index in [2.05, 4.69) is 5.32 Å². The zero-order valence-corrected chi connectivity index (χ0v) is 8.66. The fourth-order valence-electron chi connectivity index (χ4n) is 2.58. The number of rotatable bonds is 2. The lowest BCUT2D eigenvalue weighted by molar-refractivity contribution is -0.139. The quantitative estimate of drug-likeness (QED) is 0.678. The number of hydrogen-bond acceptors (Lipinski definition) is 3. The molecular formula is C10H18N2O2. The van der Waals surface area contributed by atoms with E-state index in [1.54, 1.807) is 7.11 Å². The Kier molecular flexibility index (Phi) is 3.03. The lowest BCUT2D eigenvalue weighted by Crippen LogP contribution is -2.51. The molecule has 0 spiro atoms. The van der Waals surface area contributed by atoms with Crippen LogP contribution >= 0.6 is 0 Å².